The van der Waals surface area contributed by atoms with E-state index < -0.39 is 11.8 Å². The van der Waals surface area contributed by atoms with Crippen LogP contribution in [0.2, 0.25) is 0 Å². The highest BCUT2D eigenvalue weighted by atomic mass is 16.2. The molecule has 0 unspecified atom stereocenters. The first-order valence-electron chi connectivity index (χ1n) is 5.50. The van der Waals surface area contributed by atoms with Gasteiger partial charge < -0.3 is 0 Å². The van der Waals surface area contributed by atoms with Crippen LogP contribution in [-0.2, 0) is 9.59 Å². The van der Waals surface area contributed by atoms with Crippen molar-refractivity contribution in [3.05, 3.63) is 30.4 Å². The number of carbonyl (C=O) groups excluding carboxylic acids is 3. The van der Waals surface area contributed by atoms with Gasteiger partial charge in [0, 0.05) is 19.1 Å². The first kappa shape index (κ1) is 11.3. The van der Waals surface area contributed by atoms with E-state index >= 15 is 0 Å². The van der Waals surface area contributed by atoms with Crippen LogP contribution in [-0.4, -0.2) is 32.7 Å². The quantitative estimate of drug-likeness (QED) is 0.694. The van der Waals surface area contributed by atoms with Crippen LogP contribution >= 0.6 is 0 Å². The lowest BCUT2D eigenvalue weighted by Gasteiger charge is -2.13. The molecule has 0 bridgehead atoms. The molecule has 19 heavy (non-hydrogen) atoms. The predicted octanol–water partition coefficient (Wildman–Crippen LogP) is 0.521. The molecule has 0 N–H and O–H groups in total. The molecule has 1 aromatic heterocycles. The molecule has 0 aliphatic carbocycles. The maximum atomic E-state index is 11.6. The number of hydrogen-bond acceptors (Lipinski definition) is 5. The summed E-state index contributed by atoms with van der Waals surface area (Å²) < 4.78 is 1.16. The Morgan fingerprint density at radius 3 is 2.47 bits per heavy atom. The van der Waals surface area contributed by atoms with Crippen LogP contribution in [0.25, 0.3) is 11.0 Å². The monoisotopic (exact) mass is 256 g/mol. The molecule has 0 fully saturated rings. The molecule has 0 saturated heterocycles. The Morgan fingerprint density at radius 1 is 1.16 bits per heavy atom. The lowest BCUT2D eigenvalue weighted by atomic mass is 10.2. The molecule has 1 aromatic carbocycles. The summed E-state index contributed by atoms with van der Waals surface area (Å²) in [5.74, 6) is -1.06. The summed E-state index contributed by atoms with van der Waals surface area (Å²) in [6, 6.07) is 4.73. The highest BCUT2D eigenvalue weighted by molar-refractivity contribution is 6.28. The Morgan fingerprint density at radius 2 is 1.84 bits per heavy atom. The minimum Gasteiger partial charge on any atom is -0.273 e. The number of nitrogens with zero attached hydrogens (tertiary/aromatic N) is 4. The lowest BCUT2D eigenvalue weighted by molar-refractivity contribution is -0.119. The third kappa shape index (κ3) is 1.63. The zero-order chi connectivity index (χ0) is 13.6. The minimum atomic E-state index is -0.400. The lowest BCUT2D eigenvalue weighted by Crippen LogP contribution is -2.29. The van der Waals surface area contributed by atoms with E-state index in [9.17, 15) is 14.4 Å². The van der Waals surface area contributed by atoms with Gasteiger partial charge in [-0.3, -0.25) is 14.4 Å². The standard InChI is InChI=1S/C12H8N4O3/c1-7(17)16-10-3-2-8(6-9(10)13-14-16)15-11(18)4-5-12(15)19/h2-6H,1H3. The van der Waals surface area contributed by atoms with E-state index in [0.717, 1.165) is 9.58 Å². The molecular formula is C12H8N4O3. The Hall–Kier alpha value is -2.83. The van der Waals surface area contributed by atoms with Crippen molar-refractivity contribution in [2.75, 3.05) is 4.90 Å². The van der Waals surface area contributed by atoms with Gasteiger partial charge in [-0.2, -0.15) is 4.68 Å². The van der Waals surface area contributed by atoms with E-state index in [-0.39, 0.29) is 5.91 Å². The summed E-state index contributed by atoms with van der Waals surface area (Å²) in [6.07, 6.45) is 2.41. The first-order chi connectivity index (χ1) is 9.08. The number of aromatic nitrogens is 3. The van der Waals surface area contributed by atoms with E-state index in [2.05, 4.69) is 10.3 Å². The normalized spacial score (nSPS) is 14.7. The molecule has 1 aliphatic rings. The van der Waals surface area contributed by atoms with Crippen LogP contribution in [0.1, 0.15) is 11.7 Å². The fourth-order valence-corrected chi connectivity index (χ4v) is 1.94. The van der Waals surface area contributed by atoms with Crippen molar-refractivity contribution in [2.45, 2.75) is 6.92 Å². The second kappa shape index (κ2) is 3.84. The summed E-state index contributed by atoms with van der Waals surface area (Å²) in [6.45, 7) is 1.37. The van der Waals surface area contributed by atoms with E-state index in [1.54, 1.807) is 18.2 Å². The average Bonchev–Trinajstić information content (AvgIpc) is 2.92. The smallest absolute Gasteiger partial charge is 0.258 e. The Bertz CT molecular complexity index is 741. The molecular weight excluding hydrogens is 248 g/mol. The van der Waals surface area contributed by atoms with Gasteiger partial charge in [0.15, 0.2) is 0 Å². The SMILES string of the molecule is CC(=O)n1nnc2cc(N3C(=O)C=CC3=O)ccc21. The average molecular weight is 256 g/mol. The third-order valence-electron chi connectivity index (χ3n) is 2.79. The van der Waals surface area contributed by atoms with E-state index in [1.165, 1.54) is 19.1 Å². The molecule has 7 nitrogen and oxygen atoms in total. The Kier molecular flexibility index (Phi) is 2.28. The van der Waals surface area contributed by atoms with Gasteiger partial charge in [0.25, 0.3) is 11.8 Å². The Labute approximate surface area is 107 Å². The number of carbonyl (C=O) groups is 3. The highest BCUT2D eigenvalue weighted by Gasteiger charge is 2.25. The minimum absolute atomic E-state index is 0.259. The molecule has 3 rings (SSSR count). The van der Waals surface area contributed by atoms with Crippen LogP contribution in [0.3, 0.4) is 0 Å². The molecule has 0 radical (unpaired) electrons. The van der Waals surface area contributed by atoms with Gasteiger partial charge in [0.05, 0.1) is 11.2 Å². The number of imide groups is 1. The molecule has 2 amide bonds. The second-order valence-electron chi connectivity index (χ2n) is 4.04. The van der Waals surface area contributed by atoms with Crippen molar-refractivity contribution in [1.82, 2.24) is 15.0 Å². The Balaban J connectivity index is 2.11. The van der Waals surface area contributed by atoms with Crippen molar-refractivity contribution >= 4 is 34.4 Å². The summed E-state index contributed by atoms with van der Waals surface area (Å²) >= 11 is 0. The number of rotatable bonds is 1. The fraction of sp³-hybridized carbons (Fsp3) is 0.0833. The molecule has 0 atom stereocenters. The van der Waals surface area contributed by atoms with Crippen LogP contribution < -0.4 is 4.90 Å². The molecule has 7 heteroatoms. The van der Waals surface area contributed by atoms with Gasteiger partial charge in [-0.25, -0.2) is 4.90 Å². The van der Waals surface area contributed by atoms with Crippen LogP contribution in [0.4, 0.5) is 5.69 Å². The number of amides is 2. The van der Waals surface area contributed by atoms with Gasteiger partial charge in [0.1, 0.15) is 5.52 Å². The summed E-state index contributed by atoms with van der Waals surface area (Å²) in [5, 5.41) is 7.56. The van der Waals surface area contributed by atoms with Crippen molar-refractivity contribution in [1.29, 1.82) is 0 Å². The third-order valence-corrected chi connectivity index (χ3v) is 2.79. The molecule has 0 saturated carbocycles. The fourth-order valence-electron chi connectivity index (χ4n) is 1.94. The van der Waals surface area contributed by atoms with Gasteiger partial charge >= 0.3 is 0 Å². The number of hydrogen-bond donors (Lipinski definition) is 0. The maximum absolute atomic E-state index is 11.6. The van der Waals surface area contributed by atoms with Crippen molar-refractivity contribution in [2.24, 2.45) is 0 Å². The number of fused-ring (bicyclic) bond motifs is 1. The first-order valence-corrected chi connectivity index (χ1v) is 5.50. The van der Waals surface area contributed by atoms with Crippen LogP contribution in [0.5, 0.6) is 0 Å². The number of anilines is 1. The van der Waals surface area contributed by atoms with E-state index in [0.29, 0.717) is 16.7 Å². The molecule has 1 aliphatic heterocycles. The summed E-state index contributed by atoms with van der Waals surface area (Å²) in [5.41, 5.74) is 1.38. The highest BCUT2D eigenvalue weighted by Crippen LogP contribution is 2.23. The van der Waals surface area contributed by atoms with Crippen molar-refractivity contribution in [3.8, 4) is 0 Å². The van der Waals surface area contributed by atoms with Crippen LogP contribution in [0, 0.1) is 0 Å². The topological polar surface area (TPSA) is 85.2 Å². The van der Waals surface area contributed by atoms with E-state index in [4.69, 9.17) is 0 Å². The van der Waals surface area contributed by atoms with Gasteiger partial charge in [-0.1, -0.05) is 5.21 Å². The van der Waals surface area contributed by atoms with Gasteiger partial charge in [-0.05, 0) is 18.2 Å². The largest absolute Gasteiger partial charge is 0.273 e. The molecule has 94 valence electrons. The number of benzene rings is 1. The zero-order valence-corrected chi connectivity index (χ0v) is 9.90. The van der Waals surface area contributed by atoms with E-state index in [1.807, 2.05) is 0 Å². The summed E-state index contributed by atoms with van der Waals surface area (Å²) in [7, 11) is 0. The van der Waals surface area contributed by atoms with Crippen molar-refractivity contribution in [3.63, 3.8) is 0 Å². The summed E-state index contributed by atoms with van der Waals surface area (Å²) in [4.78, 5) is 35.4. The van der Waals surface area contributed by atoms with Gasteiger partial charge in [0.2, 0.25) is 5.91 Å². The van der Waals surface area contributed by atoms with Gasteiger partial charge in [-0.15, -0.1) is 5.10 Å². The zero-order valence-electron chi connectivity index (χ0n) is 9.90. The van der Waals surface area contributed by atoms with Crippen LogP contribution in [0.15, 0.2) is 30.4 Å². The molecule has 0 spiro atoms. The van der Waals surface area contributed by atoms with Crippen molar-refractivity contribution < 1.29 is 14.4 Å². The molecule has 2 aromatic rings. The maximum Gasteiger partial charge on any atom is 0.258 e. The predicted molar refractivity (Wildman–Crippen MR) is 65.5 cm³/mol. The molecule has 2 heterocycles. The second-order valence-corrected chi connectivity index (χ2v) is 4.04.